The third-order valence-electron chi connectivity index (χ3n) is 1.73. The van der Waals surface area contributed by atoms with Crippen LogP contribution in [-0.2, 0) is 20.7 Å². The molecule has 6 heteroatoms. The molecule has 0 fully saturated rings. The summed E-state index contributed by atoms with van der Waals surface area (Å²) >= 11 is 1.28. The number of nitrogens with zero attached hydrogens (tertiary/aromatic N) is 1. The van der Waals surface area contributed by atoms with Gasteiger partial charge in [-0.2, -0.15) is 0 Å². The first-order valence-corrected chi connectivity index (χ1v) is 6.07. The molecule has 0 aliphatic rings. The van der Waals surface area contributed by atoms with E-state index in [9.17, 15) is 9.59 Å². The highest BCUT2D eigenvalue weighted by molar-refractivity contribution is 7.14. The van der Waals surface area contributed by atoms with Crippen LogP contribution in [0, 0.1) is 0 Å². The van der Waals surface area contributed by atoms with Crippen molar-refractivity contribution < 1.29 is 14.3 Å². The molecule has 5 nitrogen and oxygen atoms in total. The quantitative estimate of drug-likeness (QED) is 0.642. The molecule has 1 aromatic heterocycles. The van der Waals surface area contributed by atoms with Crippen LogP contribution in [0.4, 0.5) is 5.13 Å². The maximum Gasteiger partial charge on any atom is 0.311 e. The van der Waals surface area contributed by atoms with Gasteiger partial charge in [0.05, 0.1) is 18.7 Å². The maximum atomic E-state index is 11.2. The number of carbonyl (C=O) groups is 2. The highest BCUT2D eigenvalue weighted by Gasteiger charge is 2.09. The standard InChI is InChI=1S/C11H14N2O3S/c1-3-5-9(14)13-11-12-8(7-17-11)6-10(15)16-4-2/h3,5,7H,4,6H2,1-2H3,(H,12,13,14)/b5-3+. The fraction of sp³-hybridized carbons (Fsp3) is 0.364. The molecule has 0 unspecified atom stereocenters. The fourth-order valence-corrected chi connectivity index (χ4v) is 1.82. The lowest BCUT2D eigenvalue weighted by molar-refractivity contribution is -0.142. The van der Waals surface area contributed by atoms with Gasteiger partial charge < -0.3 is 4.74 Å². The lowest BCUT2D eigenvalue weighted by Crippen LogP contribution is -2.09. The molecule has 1 rings (SSSR count). The largest absolute Gasteiger partial charge is 0.466 e. The van der Waals surface area contributed by atoms with Gasteiger partial charge in [0.1, 0.15) is 0 Å². The van der Waals surface area contributed by atoms with Gasteiger partial charge in [-0.3, -0.25) is 14.9 Å². The van der Waals surface area contributed by atoms with Crippen molar-refractivity contribution in [3.8, 4) is 0 Å². The summed E-state index contributed by atoms with van der Waals surface area (Å²) in [6.07, 6.45) is 3.18. The number of hydrogen-bond acceptors (Lipinski definition) is 5. The smallest absolute Gasteiger partial charge is 0.311 e. The van der Waals surface area contributed by atoms with E-state index in [0.717, 1.165) is 0 Å². The maximum absolute atomic E-state index is 11.2. The average molecular weight is 254 g/mol. The van der Waals surface area contributed by atoms with Crippen molar-refractivity contribution in [3.05, 3.63) is 23.2 Å². The minimum absolute atomic E-state index is 0.129. The summed E-state index contributed by atoms with van der Waals surface area (Å²) in [5.74, 6) is -0.548. The van der Waals surface area contributed by atoms with Crippen molar-refractivity contribution in [1.82, 2.24) is 4.98 Å². The van der Waals surface area contributed by atoms with Gasteiger partial charge in [-0.15, -0.1) is 11.3 Å². The summed E-state index contributed by atoms with van der Waals surface area (Å²) in [4.78, 5) is 26.5. The van der Waals surface area contributed by atoms with Crippen LogP contribution in [0.15, 0.2) is 17.5 Å². The first-order valence-electron chi connectivity index (χ1n) is 5.19. The number of amides is 1. The second-order valence-electron chi connectivity index (χ2n) is 3.12. The van der Waals surface area contributed by atoms with Gasteiger partial charge in [0.15, 0.2) is 5.13 Å². The molecule has 0 saturated carbocycles. The van der Waals surface area contributed by atoms with Crippen LogP contribution < -0.4 is 5.32 Å². The Bertz CT molecular complexity index is 426. The molecule has 0 aliphatic heterocycles. The van der Waals surface area contributed by atoms with E-state index in [-0.39, 0.29) is 18.3 Å². The van der Waals surface area contributed by atoms with Crippen LogP contribution in [0.2, 0.25) is 0 Å². The zero-order chi connectivity index (χ0) is 12.7. The normalized spacial score (nSPS) is 10.5. The van der Waals surface area contributed by atoms with E-state index < -0.39 is 0 Å². The number of rotatable bonds is 5. The van der Waals surface area contributed by atoms with E-state index in [1.54, 1.807) is 25.3 Å². The van der Waals surface area contributed by atoms with Gasteiger partial charge in [0.2, 0.25) is 5.91 Å². The Labute approximate surface area is 104 Å². The molecule has 1 heterocycles. The van der Waals surface area contributed by atoms with E-state index >= 15 is 0 Å². The lowest BCUT2D eigenvalue weighted by Gasteiger charge is -1.98. The number of thiazole rings is 1. The highest BCUT2D eigenvalue weighted by Crippen LogP contribution is 2.16. The van der Waals surface area contributed by atoms with Gasteiger partial charge in [-0.25, -0.2) is 4.98 Å². The van der Waals surface area contributed by atoms with E-state index in [1.165, 1.54) is 17.4 Å². The third-order valence-corrected chi connectivity index (χ3v) is 2.54. The highest BCUT2D eigenvalue weighted by atomic mass is 32.1. The molecule has 17 heavy (non-hydrogen) atoms. The number of anilines is 1. The first-order chi connectivity index (χ1) is 8.15. The van der Waals surface area contributed by atoms with Gasteiger partial charge in [0, 0.05) is 5.38 Å². The second kappa shape index (κ2) is 6.80. The van der Waals surface area contributed by atoms with Gasteiger partial charge in [-0.1, -0.05) is 6.08 Å². The van der Waals surface area contributed by atoms with Crippen molar-refractivity contribution in [2.45, 2.75) is 20.3 Å². The summed E-state index contributed by atoms with van der Waals surface area (Å²) in [6, 6.07) is 0. The predicted molar refractivity (Wildman–Crippen MR) is 65.9 cm³/mol. The van der Waals surface area contributed by atoms with E-state index in [0.29, 0.717) is 17.4 Å². The summed E-state index contributed by atoms with van der Waals surface area (Å²) in [6.45, 7) is 3.86. The van der Waals surface area contributed by atoms with Crippen LogP contribution in [-0.4, -0.2) is 23.5 Å². The molecule has 0 spiro atoms. The Kier molecular flexibility index (Phi) is 5.35. The molecule has 0 atom stereocenters. The number of allylic oxidation sites excluding steroid dienone is 1. The fourth-order valence-electron chi connectivity index (χ4n) is 1.10. The first kappa shape index (κ1) is 13.4. The van der Waals surface area contributed by atoms with Gasteiger partial charge in [0.25, 0.3) is 0 Å². The summed E-state index contributed by atoms with van der Waals surface area (Å²) in [7, 11) is 0. The Balaban J connectivity index is 2.53. The second-order valence-corrected chi connectivity index (χ2v) is 3.97. The number of carbonyl (C=O) groups excluding carboxylic acids is 2. The third kappa shape index (κ3) is 4.78. The van der Waals surface area contributed by atoms with Gasteiger partial charge >= 0.3 is 5.97 Å². The predicted octanol–water partition coefficient (Wildman–Crippen LogP) is 1.76. The summed E-state index contributed by atoms with van der Waals surface area (Å²) in [5, 5.41) is 4.80. The molecular formula is C11H14N2O3S. The zero-order valence-corrected chi connectivity index (χ0v) is 10.5. The minimum atomic E-state index is -0.316. The minimum Gasteiger partial charge on any atom is -0.466 e. The number of esters is 1. The van der Waals surface area contributed by atoms with E-state index in [4.69, 9.17) is 4.74 Å². The number of aromatic nitrogens is 1. The van der Waals surface area contributed by atoms with Crippen molar-refractivity contribution in [2.24, 2.45) is 0 Å². The SMILES string of the molecule is C/C=C/C(=O)Nc1nc(CC(=O)OCC)cs1. The topological polar surface area (TPSA) is 68.3 Å². The van der Waals surface area contributed by atoms with Crippen molar-refractivity contribution in [3.63, 3.8) is 0 Å². The molecule has 92 valence electrons. The molecule has 1 aromatic rings. The van der Waals surface area contributed by atoms with E-state index in [1.807, 2.05) is 0 Å². The number of ether oxygens (including phenoxy) is 1. The molecule has 0 saturated heterocycles. The van der Waals surface area contributed by atoms with Crippen molar-refractivity contribution in [2.75, 3.05) is 11.9 Å². The number of nitrogens with one attached hydrogen (secondary N) is 1. The van der Waals surface area contributed by atoms with Crippen LogP contribution in [0.3, 0.4) is 0 Å². The van der Waals surface area contributed by atoms with Crippen molar-refractivity contribution >= 4 is 28.3 Å². The van der Waals surface area contributed by atoms with Crippen LogP contribution in [0.1, 0.15) is 19.5 Å². The number of hydrogen-bond donors (Lipinski definition) is 1. The molecule has 0 aromatic carbocycles. The Morgan fingerprint density at radius 3 is 3.00 bits per heavy atom. The lowest BCUT2D eigenvalue weighted by atomic mass is 10.3. The molecule has 1 N–H and O–H groups in total. The average Bonchev–Trinajstić information content (AvgIpc) is 2.66. The zero-order valence-electron chi connectivity index (χ0n) is 9.73. The summed E-state index contributed by atoms with van der Waals surface area (Å²) < 4.78 is 4.80. The Hall–Kier alpha value is -1.69. The van der Waals surface area contributed by atoms with E-state index in [2.05, 4.69) is 10.3 Å². The summed E-state index contributed by atoms with van der Waals surface area (Å²) in [5.41, 5.74) is 0.601. The van der Waals surface area contributed by atoms with Gasteiger partial charge in [-0.05, 0) is 19.9 Å². The Morgan fingerprint density at radius 2 is 2.35 bits per heavy atom. The molecule has 1 amide bonds. The van der Waals surface area contributed by atoms with Crippen LogP contribution in [0.5, 0.6) is 0 Å². The monoisotopic (exact) mass is 254 g/mol. The molecule has 0 aliphatic carbocycles. The van der Waals surface area contributed by atoms with Crippen molar-refractivity contribution in [1.29, 1.82) is 0 Å². The molecule has 0 bridgehead atoms. The van der Waals surface area contributed by atoms with Crippen LogP contribution >= 0.6 is 11.3 Å². The van der Waals surface area contributed by atoms with Crippen LogP contribution in [0.25, 0.3) is 0 Å². The molecule has 0 radical (unpaired) electrons. The molecular weight excluding hydrogens is 240 g/mol. The Morgan fingerprint density at radius 1 is 1.59 bits per heavy atom.